The predicted octanol–water partition coefficient (Wildman–Crippen LogP) is 2.42. The first-order chi connectivity index (χ1) is 7.10. The average molecular weight is 245 g/mol. The van der Waals surface area contributed by atoms with Gasteiger partial charge in [0.05, 0.1) is 12.1 Å². The van der Waals surface area contributed by atoms with Crippen LogP contribution in [0.15, 0.2) is 23.1 Å². The number of ketones is 1. The van der Waals surface area contributed by atoms with E-state index in [-0.39, 0.29) is 5.56 Å². The van der Waals surface area contributed by atoms with E-state index >= 15 is 0 Å². The van der Waals surface area contributed by atoms with Crippen LogP contribution in [0.5, 0.6) is 0 Å². The summed E-state index contributed by atoms with van der Waals surface area (Å²) in [7, 11) is 1.16. The number of halogens is 1. The Kier molecular flexibility index (Phi) is 4.17. The molecule has 3 nitrogen and oxygen atoms in total. The van der Waals surface area contributed by atoms with Crippen LogP contribution in [0, 0.1) is 0 Å². The second-order valence-electron chi connectivity index (χ2n) is 2.67. The lowest BCUT2D eigenvalue weighted by Crippen LogP contribution is -2.15. The van der Waals surface area contributed by atoms with Crippen LogP contribution in [0.3, 0.4) is 0 Å². The fourth-order valence-electron chi connectivity index (χ4n) is 1.02. The molecule has 0 bridgehead atoms. The molecule has 0 aliphatic carbocycles. The Morgan fingerprint density at radius 2 is 2.07 bits per heavy atom. The van der Waals surface area contributed by atoms with Gasteiger partial charge in [0, 0.05) is 10.5 Å². The molecule has 0 unspecified atom stereocenters. The summed E-state index contributed by atoms with van der Waals surface area (Å²) in [5, 5.41) is 0.456. The maximum absolute atomic E-state index is 11.4. The van der Waals surface area contributed by atoms with Gasteiger partial charge < -0.3 is 4.74 Å². The van der Waals surface area contributed by atoms with E-state index in [2.05, 4.69) is 4.74 Å². The van der Waals surface area contributed by atoms with Crippen molar-refractivity contribution in [1.29, 1.82) is 0 Å². The molecule has 0 heterocycles. The van der Waals surface area contributed by atoms with Crippen LogP contribution >= 0.6 is 23.4 Å². The summed E-state index contributed by atoms with van der Waals surface area (Å²) in [5.74, 6) is -1.57. The van der Waals surface area contributed by atoms with Gasteiger partial charge in [0.25, 0.3) is 5.78 Å². The molecule has 1 rings (SSSR count). The lowest BCUT2D eigenvalue weighted by atomic mass is 10.1. The molecule has 0 aliphatic heterocycles. The summed E-state index contributed by atoms with van der Waals surface area (Å²) in [6.45, 7) is 0. The number of hydrogen-bond donors (Lipinski definition) is 0. The van der Waals surface area contributed by atoms with Gasteiger partial charge in [-0.25, -0.2) is 4.79 Å². The zero-order chi connectivity index (χ0) is 11.4. The molecule has 0 saturated heterocycles. The van der Waals surface area contributed by atoms with Gasteiger partial charge in [0.15, 0.2) is 0 Å². The highest BCUT2D eigenvalue weighted by Crippen LogP contribution is 2.26. The second kappa shape index (κ2) is 5.19. The Labute approximate surface area is 96.8 Å². The Hall–Kier alpha value is -1.000. The van der Waals surface area contributed by atoms with Crippen molar-refractivity contribution in [3.8, 4) is 0 Å². The number of Topliss-reactive ketones (excluding diaryl/α,β-unsaturated/α-hetero) is 1. The number of carbonyl (C=O) groups is 2. The standard InChI is InChI=1S/C10H9ClO3S/c1-14-10(13)9(12)6-3-4-8(15-2)7(11)5-6/h3-5H,1-2H3. The molecule has 5 heteroatoms. The van der Waals surface area contributed by atoms with Crippen molar-refractivity contribution in [3.05, 3.63) is 28.8 Å². The molecule has 0 spiro atoms. The normalized spacial score (nSPS) is 9.80. The summed E-state index contributed by atoms with van der Waals surface area (Å²) in [6.07, 6.45) is 1.88. The minimum Gasteiger partial charge on any atom is -0.463 e. The summed E-state index contributed by atoms with van der Waals surface area (Å²) >= 11 is 7.37. The summed E-state index contributed by atoms with van der Waals surface area (Å²) < 4.78 is 4.33. The molecule has 0 radical (unpaired) electrons. The van der Waals surface area contributed by atoms with Crippen molar-refractivity contribution >= 4 is 35.1 Å². The van der Waals surface area contributed by atoms with Gasteiger partial charge >= 0.3 is 5.97 Å². The minimum absolute atomic E-state index is 0.240. The summed E-state index contributed by atoms with van der Waals surface area (Å²) in [4.78, 5) is 23.2. The maximum atomic E-state index is 11.4. The van der Waals surface area contributed by atoms with E-state index < -0.39 is 11.8 Å². The van der Waals surface area contributed by atoms with E-state index in [1.807, 2.05) is 6.26 Å². The lowest BCUT2D eigenvalue weighted by molar-refractivity contribution is -0.135. The zero-order valence-corrected chi connectivity index (χ0v) is 9.82. The summed E-state index contributed by atoms with van der Waals surface area (Å²) in [5.41, 5.74) is 0.240. The van der Waals surface area contributed by atoms with Gasteiger partial charge in [-0.15, -0.1) is 11.8 Å². The average Bonchev–Trinajstić information content (AvgIpc) is 2.26. The SMILES string of the molecule is COC(=O)C(=O)c1ccc(SC)c(Cl)c1. The van der Waals surface area contributed by atoms with Crippen LogP contribution in [0.25, 0.3) is 0 Å². The van der Waals surface area contributed by atoms with Gasteiger partial charge in [0.2, 0.25) is 0 Å². The Bertz CT molecular complexity index is 404. The molecule has 0 aromatic heterocycles. The Balaban J connectivity index is 3.02. The van der Waals surface area contributed by atoms with Gasteiger partial charge in [-0.1, -0.05) is 11.6 Å². The van der Waals surface area contributed by atoms with Crippen molar-refractivity contribution in [2.24, 2.45) is 0 Å². The van der Waals surface area contributed by atoms with Crippen LogP contribution < -0.4 is 0 Å². The smallest absolute Gasteiger partial charge is 0.379 e. The van der Waals surface area contributed by atoms with Crippen molar-refractivity contribution in [2.75, 3.05) is 13.4 Å². The number of hydrogen-bond acceptors (Lipinski definition) is 4. The highest BCUT2D eigenvalue weighted by molar-refractivity contribution is 7.98. The number of carbonyl (C=O) groups excluding carboxylic acids is 2. The minimum atomic E-state index is -0.886. The molecule has 15 heavy (non-hydrogen) atoms. The van der Waals surface area contributed by atoms with E-state index in [0.717, 1.165) is 12.0 Å². The highest BCUT2D eigenvalue weighted by Gasteiger charge is 2.17. The second-order valence-corrected chi connectivity index (χ2v) is 3.93. The molecule has 1 aromatic rings. The predicted molar refractivity (Wildman–Crippen MR) is 59.6 cm³/mol. The van der Waals surface area contributed by atoms with Crippen LogP contribution in [-0.4, -0.2) is 25.1 Å². The zero-order valence-electron chi connectivity index (χ0n) is 8.24. The molecule has 0 atom stereocenters. The lowest BCUT2D eigenvalue weighted by Gasteiger charge is -2.03. The quantitative estimate of drug-likeness (QED) is 0.355. The first-order valence-electron chi connectivity index (χ1n) is 4.06. The number of rotatable bonds is 3. The summed E-state index contributed by atoms with van der Waals surface area (Å²) in [6, 6.07) is 4.72. The van der Waals surface area contributed by atoms with Gasteiger partial charge in [-0.2, -0.15) is 0 Å². The fourth-order valence-corrected chi connectivity index (χ4v) is 1.89. The molecular weight excluding hydrogens is 236 g/mol. The molecule has 80 valence electrons. The van der Waals surface area contributed by atoms with Gasteiger partial charge in [0.1, 0.15) is 0 Å². The van der Waals surface area contributed by atoms with Crippen LogP contribution in [-0.2, 0) is 9.53 Å². The van der Waals surface area contributed by atoms with Crippen LogP contribution in [0.1, 0.15) is 10.4 Å². The Morgan fingerprint density at radius 3 is 2.53 bits per heavy atom. The van der Waals surface area contributed by atoms with Crippen LogP contribution in [0.2, 0.25) is 5.02 Å². The number of thioether (sulfide) groups is 1. The maximum Gasteiger partial charge on any atom is 0.379 e. The molecule has 0 N–H and O–H groups in total. The molecular formula is C10H9ClO3S. The number of ether oxygens (including phenoxy) is 1. The topological polar surface area (TPSA) is 43.4 Å². The van der Waals surface area contributed by atoms with E-state index in [1.54, 1.807) is 12.1 Å². The third kappa shape index (κ3) is 2.73. The van der Waals surface area contributed by atoms with Crippen molar-refractivity contribution < 1.29 is 14.3 Å². The van der Waals surface area contributed by atoms with Crippen molar-refractivity contribution in [2.45, 2.75) is 4.90 Å². The molecule has 0 saturated carbocycles. The largest absolute Gasteiger partial charge is 0.463 e. The first kappa shape index (κ1) is 12.1. The van der Waals surface area contributed by atoms with Crippen molar-refractivity contribution in [3.63, 3.8) is 0 Å². The molecule has 0 fully saturated rings. The monoisotopic (exact) mass is 244 g/mol. The van der Waals surface area contributed by atoms with E-state index in [0.29, 0.717) is 5.02 Å². The van der Waals surface area contributed by atoms with Crippen LogP contribution in [0.4, 0.5) is 0 Å². The van der Waals surface area contributed by atoms with Gasteiger partial charge in [-0.3, -0.25) is 4.79 Å². The number of methoxy groups -OCH3 is 1. The highest BCUT2D eigenvalue weighted by atomic mass is 35.5. The van der Waals surface area contributed by atoms with Gasteiger partial charge in [-0.05, 0) is 24.5 Å². The molecule has 0 aliphatic rings. The van der Waals surface area contributed by atoms with E-state index in [9.17, 15) is 9.59 Å². The Morgan fingerprint density at radius 1 is 1.40 bits per heavy atom. The number of benzene rings is 1. The van der Waals surface area contributed by atoms with E-state index in [4.69, 9.17) is 11.6 Å². The molecule has 1 aromatic carbocycles. The fraction of sp³-hybridized carbons (Fsp3) is 0.200. The third-order valence-electron chi connectivity index (χ3n) is 1.78. The van der Waals surface area contributed by atoms with Crippen molar-refractivity contribution in [1.82, 2.24) is 0 Å². The first-order valence-corrected chi connectivity index (χ1v) is 5.66. The van der Waals surface area contributed by atoms with E-state index in [1.165, 1.54) is 17.8 Å². The number of esters is 1. The third-order valence-corrected chi connectivity index (χ3v) is 3.01. The molecule has 0 amide bonds.